The van der Waals surface area contributed by atoms with E-state index in [9.17, 15) is 14.4 Å². The Balaban J connectivity index is 3.07. The maximum atomic E-state index is 12.1. The molecule has 0 bridgehead atoms. The molecule has 0 radical (unpaired) electrons. The first-order valence-corrected chi connectivity index (χ1v) is 6.15. The Morgan fingerprint density at radius 1 is 1.06 bits per heavy atom. The predicted molar refractivity (Wildman–Crippen MR) is 63.1 cm³/mol. The highest BCUT2D eigenvalue weighted by molar-refractivity contribution is 6.19. The van der Waals surface area contributed by atoms with Crippen LogP contribution in [0.5, 0.6) is 0 Å². The first-order chi connectivity index (χ1) is 7.98. The normalized spacial score (nSPS) is 20.8. The molecule has 2 N–H and O–H groups in total. The number of carbonyl (C=O) groups is 3. The Kier molecular flexibility index (Phi) is 4.26. The maximum absolute atomic E-state index is 12.1. The van der Waals surface area contributed by atoms with Crippen LogP contribution in [0.1, 0.15) is 46.5 Å². The fourth-order valence-corrected chi connectivity index (χ4v) is 2.56. The van der Waals surface area contributed by atoms with Gasteiger partial charge in [-0.15, -0.1) is 0 Å². The molecule has 0 aromatic heterocycles. The summed E-state index contributed by atoms with van der Waals surface area (Å²) in [4.78, 5) is 35.2. The summed E-state index contributed by atoms with van der Waals surface area (Å²) >= 11 is 0. The van der Waals surface area contributed by atoms with Crippen LogP contribution < -0.4 is 10.6 Å². The Morgan fingerprint density at radius 3 is 2.00 bits per heavy atom. The van der Waals surface area contributed by atoms with Gasteiger partial charge in [-0.05, 0) is 18.8 Å². The van der Waals surface area contributed by atoms with Gasteiger partial charge >= 0.3 is 6.03 Å². The molecule has 0 saturated carbocycles. The molecular formula is C12H20N2O3. The van der Waals surface area contributed by atoms with E-state index in [1.807, 2.05) is 20.8 Å². The zero-order chi connectivity index (χ0) is 13.1. The zero-order valence-electron chi connectivity index (χ0n) is 10.6. The lowest BCUT2D eigenvalue weighted by atomic mass is 9.69. The molecule has 4 amide bonds. The minimum Gasteiger partial charge on any atom is -0.277 e. The monoisotopic (exact) mass is 240 g/mol. The summed E-state index contributed by atoms with van der Waals surface area (Å²) in [7, 11) is 0. The van der Waals surface area contributed by atoms with E-state index >= 15 is 0 Å². The minimum absolute atomic E-state index is 0.0689. The first kappa shape index (κ1) is 13.7. The molecule has 1 fully saturated rings. The molecule has 1 rings (SSSR count). The number of nitrogens with one attached hydrogen (secondary N) is 2. The lowest BCUT2D eigenvalue weighted by Gasteiger charge is -2.38. The van der Waals surface area contributed by atoms with Gasteiger partial charge in [0.1, 0.15) is 5.41 Å². The van der Waals surface area contributed by atoms with Crippen molar-refractivity contribution >= 4 is 17.8 Å². The van der Waals surface area contributed by atoms with Crippen molar-refractivity contribution in [1.29, 1.82) is 0 Å². The van der Waals surface area contributed by atoms with Crippen LogP contribution in [-0.4, -0.2) is 17.8 Å². The standard InChI is InChI=1S/C12H20N2O3/c1-4-6-8(3)12(7-5-2)9(15)13-11(17)14-10(12)16/h8H,4-7H2,1-3H3,(H2,13,14,15,16,17). The molecule has 1 aliphatic heterocycles. The van der Waals surface area contributed by atoms with Gasteiger partial charge < -0.3 is 0 Å². The third-order valence-electron chi connectivity index (χ3n) is 3.47. The van der Waals surface area contributed by atoms with Crippen LogP contribution in [0.3, 0.4) is 0 Å². The van der Waals surface area contributed by atoms with Gasteiger partial charge in [0.25, 0.3) is 0 Å². The van der Waals surface area contributed by atoms with Crippen molar-refractivity contribution in [1.82, 2.24) is 10.6 Å². The van der Waals surface area contributed by atoms with Crippen LogP contribution >= 0.6 is 0 Å². The van der Waals surface area contributed by atoms with Crippen LogP contribution in [0.15, 0.2) is 0 Å². The van der Waals surface area contributed by atoms with Gasteiger partial charge in [0.2, 0.25) is 11.8 Å². The molecule has 1 unspecified atom stereocenters. The first-order valence-electron chi connectivity index (χ1n) is 6.15. The number of carbonyl (C=O) groups excluding carboxylic acids is 3. The molecule has 96 valence electrons. The highest BCUT2D eigenvalue weighted by Crippen LogP contribution is 2.37. The third-order valence-corrected chi connectivity index (χ3v) is 3.47. The van der Waals surface area contributed by atoms with Crippen molar-refractivity contribution < 1.29 is 14.4 Å². The quantitative estimate of drug-likeness (QED) is 0.716. The number of urea groups is 1. The van der Waals surface area contributed by atoms with E-state index in [2.05, 4.69) is 10.6 Å². The molecule has 5 heteroatoms. The Hall–Kier alpha value is -1.39. The number of rotatable bonds is 5. The molecule has 0 aromatic rings. The average Bonchev–Trinajstić information content (AvgIpc) is 2.23. The van der Waals surface area contributed by atoms with E-state index in [1.165, 1.54) is 0 Å². The maximum Gasteiger partial charge on any atom is 0.328 e. The smallest absolute Gasteiger partial charge is 0.277 e. The van der Waals surface area contributed by atoms with Gasteiger partial charge in [0.15, 0.2) is 0 Å². The second-order valence-electron chi connectivity index (χ2n) is 4.65. The molecular weight excluding hydrogens is 220 g/mol. The molecule has 0 spiro atoms. The van der Waals surface area contributed by atoms with E-state index in [4.69, 9.17) is 0 Å². The van der Waals surface area contributed by atoms with Gasteiger partial charge in [-0.2, -0.15) is 0 Å². The molecule has 5 nitrogen and oxygen atoms in total. The van der Waals surface area contributed by atoms with E-state index < -0.39 is 23.3 Å². The molecule has 0 aliphatic carbocycles. The third kappa shape index (κ3) is 2.33. The van der Waals surface area contributed by atoms with Gasteiger partial charge in [0, 0.05) is 0 Å². The Bertz CT molecular complexity index is 319. The van der Waals surface area contributed by atoms with Crippen LogP contribution in [-0.2, 0) is 9.59 Å². The summed E-state index contributed by atoms with van der Waals surface area (Å²) in [5.74, 6) is -0.969. The summed E-state index contributed by atoms with van der Waals surface area (Å²) in [5, 5.41) is 4.43. The van der Waals surface area contributed by atoms with Crippen molar-refractivity contribution in [3.05, 3.63) is 0 Å². The fraction of sp³-hybridized carbons (Fsp3) is 0.750. The van der Waals surface area contributed by atoms with Crippen molar-refractivity contribution in [2.75, 3.05) is 0 Å². The van der Waals surface area contributed by atoms with Crippen molar-refractivity contribution in [3.8, 4) is 0 Å². The summed E-state index contributed by atoms with van der Waals surface area (Å²) in [6, 6.07) is -0.713. The summed E-state index contributed by atoms with van der Waals surface area (Å²) < 4.78 is 0. The van der Waals surface area contributed by atoms with Crippen molar-refractivity contribution in [2.45, 2.75) is 46.5 Å². The van der Waals surface area contributed by atoms with Gasteiger partial charge in [-0.3, -0.25) is 20.2 Å². The largest absolute Gasteiger partial charge is 0.328 e. The van der Waals surface area contributed by atoms with Crippen LogP contribution in [0, 0.1) is 11.3 Å². The minimum atomic E-state index is -1.08. The Morgan fingerprint density at radius 2 is 1.59 bits per heavy atom. The van der Waals surface area contributed by atoms with Crippen LogP contribution in [0.2, 0.25) is 0 Å². The second kappa shape index (κ2) is 5.29. The van der Waals surface area contributed by atoms with Crippen molar-refractivity contribution in [3.63, 3.8) is 0 Å². The highest BCUT2D eigenvalue weighted by atomic mass is 16.2. The lowest BCUT2D eigenvalue weighted by molar-refractivity contribution is -0.149. The number of amides is 4. The molecule has 1 atom stereocenters. The summed E-state index contributed by atoms with van der Waals surface area (Å²) in [6.45, 7) is 5.84. The Labute approximate surface area is 101 Å². The molecule has 1 heterocycles. The highest BCUT2D eigenvalue weighted by Gasteiger charge is 2.52. The topological polar surface area (TPSA) is 75.3 Å². The SMILES string of the molecule is CCCC(C)C1(CCC)C(=O)NC(=O)NC1=O. The van der Waals surface area contributed by atoms with Crippen LogP contribution in [0.4, 0.5) is 4.79 Å². The van der Waals surface area contributed by atoms with Gasteiger partial charge in [-0.1, -0.05) is 33.6 Å². The average molecular weight is 240 g/mol. The lowest BCUT2D eigenvalue weighted by Crippen LogP contribution is -2.64. The number of imide groups is 2. The predicted octanol–water partition coefficient (Wildman–Crippen LogP) is 1.58. The summed E-state index contributed by atoms with van der Waals surface area (Å²) in [6.07, 6.45) is 2.89. The fourth-order valence-electron chi connectivity index (χ4n) is 2.56. The van der Waals surface area contributed by atoms with Crippen molar-refractivity contribution in [2.24, 2.45) is 11.3 Å². The van der Waals surface area contributed by atoms with E-state index in [1.54, 1.807) is 0 Å². The zero-order valence-corrected chi connectivity index (χ0v) is 10.6. The number of hydrogen-bond acceptors (Lipinski definition) is 3. The van der Waals surface area contributed by atoms with Crippen LogP contribution in [0.25, 0.3) is 0 Å². The second-order valence-corrected chi connectivity index (χ2v) is 4.65. The molecule has 1 aliphatic rings. The van der Waals surface area contributed by atoms with E-state index in [0.29, 0.717) is 6.42 Å². The van der Waals surface area contributed by atoms with Gasteiger partial charge in [0.05, 0.1) is 0 Å². The number of barbiturate groups is 1. The summed E-state index contributed by atoms with van der Waals surface area (Å²) in [5.41, 5.74) is -1.08. The molecule has 1 saturated heterocycles. The molecule has 17 heavy (non-hydrogen) atoms. The van der Waals surface area contributed by atoms with E-state index in [0.717, 1.165) is 19.3 Å². The molecule has 0 aromatic carbocycles. The number of hydrogen-bond donors (Lipinski definition) is 2. The van der Waals surface area contributed by atoms with E-state index in [-0.39, 0.29) is 5.92 Å². The van der Waals surface area contributed by atoms with Gasteiger partial charge in [-0.25, -0.2) is 4.79 Å².